The minimum atomic E-state index is -4.68. The minimum absolute atomic E-state index is 0.162. The number of anilines is 1. The van der Waals surface area contributed by atoms with Gasteiger partial charge in [-0.25, -0.2) is 0 Å². The summed E-state index contributed by atoms with van der Waals surface area (Å²) in [6.45, 7) is 2.55. The van der Waals surface area contributed by atoms with Gasteiger partial charge in [0.2, 0.25) is 10.1 Å². The molecule has 0 atom stereocenters. The number of carbonyl (C=O) groups excluding carboxylic acids is 1. The van der Waals surface area contributed by atoms with Gasteiger partial charge >= 0.3 is 6.18 Å². The van der Waals surface area contributed by atoms with Crippen molar-refractivity contribution in [3.8, 4) is 17.6 Å². The predicted molar refractivity (Wildman–Crippen MR) is 132 cm³/mol. The van der Waals surface area contributed by atoms with Gasteiger partial charge in [0.15, 0.2) is 11.5 Å². The fourth-order valence-electron chi connectivity index (χ4n) is 2.71. The van der Waals surface area contributed by atoms with Crippen molar-refractivity contribution in [1.82, 2.24) is 10.2 Å². The van der Waals surface area contributed by atoms with Gasteiger partial charge in [0.1, 0.15) is 11.6 Å². The van der Waals surface area contributed by atoms with Crippen molar-refractivity contribution in [1.29, 1.82) is 5.26 Å². The fraction of sp³-hybridized carbons (Fsp3) is 0.217. The van der Waals surface area contributed by atoms with Gasteiger partial charge < -0.3 is 9.47 Å². The van der Waals surface area contributed by atoms with Crippen LogP contribution < -0.4 is 14.8 Å². The number of carbonyl (C=O) groups is 1. The molecule has 1 heterocycles. The molecule has 0 saturated heterocycles. The van der Waals surface area contributed by atoms with Gasteiger partial charge in [-0.2, -0.15) is 18.4 Å². The van der Waals surface area contributed by atoms with E-state index in [9.17, 15) is 23.2 Å². The van der Waals surface area contributed by atoms with E-state index in [1.807, 2.05) is 24.3 Å². The number of halogens is 4. The van der Waals surface area contributed by atoms with Crippen molar-refractivity contribution in [3.63, 3.8) is 0 Å². The molecule has 0 aliphatic heterocycles. The van der Waals surface area contributed by atoms with E-state index in [4.69, 9.17) is 21.1 Å². The summed E-state index contributed by atoms with van der Waals surface area (Å²) in [4.78, 5) is 13.4. The highest BCUT2D eigenvalue weighted by atomic mass is 35.5. The summed E-state index contributed by atoms with van der Waals surface area (Å²) in [6, 6.07) is 14.1. The average molecular weight is 555 g/mol. The van der Waals surface area contributed by atoms with Crippen LogP contribution in [0, 0.1) is 11.3 Å². The Balaban J connectivity index is 1.66. The van der Waals surface area contributed by atoms with E-state index in [1.54, 1.807) is 43.0 Å². The van der Waals surface area contributed by atoms with Gasteiger partial charge in [-0.1, -0.05) is 29.0 Å². The zero-order valence-electron chi connectivity index (χ0n) is 18.6. The van der Waals surface area contributed by atoms with E-state index in [2.05, 4.69) is 15.5 Å². The van der Waals surface area contributed by atoms with Crippen LogP contribution in [0.1, 0.15) is 17.5 Å². The Morgan fingerprint density at radius 2 is 1.94 bits per heavy atom. The molecule has 2 aromatic carbocycles. The highest BCUT2D eigenvalue weighted by Crippen LogP contribution is 2.33. The second kappa shape index (κ2) is 12.6. The van der Waals surface area contributed by atoms with Crippen molar-refractivity contribution < 1.29 is 27.4 Å². The number of benzene rings is 2. The standard InChI is InChI=1S/C23H18ClF3N4O3S2/c1-2-33-19-12-14(3-8-18(19)34-9-10-35-17-6-4-16(24)5-7-17)11-15(13-28)20(32)29-22-31-30-21(36-22)23(25,26)27/h3-8,11-12H,2,9-10H2,1H3,(H,29,31,32). The van der Waals surface area contributed by atoms with Gasteiger partial charge in [0, 0.05) is 15.7 Å². The number of aromatic nitrogens is 2. The van der Waals surface area contributed by atoms with Crippen molar-refractivity contribution in [2.45, 2.75) is 18.0 Å². The molecule has 7 nitrogen and oxygen atoms in total. The molecule has 3 rings (SSSR count). The Kier molecular flexibility index (Phi) is 9.58. The number of alkyl halides is 3. The lowest BCUT2D eigenvalue weighted by Gasteiger charge is -2.13. The Hall–Kier alpha value is -3.27. The van der Waals surface area contributed by atoms with Crippen LogP contribution in [0.5, 0.6) is 11.5 Å². The van der Waals surface area contributed by atoms with E-state index in [0.29, 0.717) is 41.1 Å². The SMILES string of the molecule is CCOc1cc(C=C(C#N)C(=O)Nc2nnc(C(F)(F)F)s2)ccc1OCCSc1ccc(Cl)cc1. The van der Waals surface area contributed by atoms with Crippen LogP contribution in [-0.2, 0) is 11.0 Å². The molecular weight excluding hydrogens is 537 g/mol. The molecule has 0 aliphatic carbocycles. The number of hydrogen-bond donors (Lipinski definition) is 1. The van der Waals surface area contributed by atoms with Crippen LogP contribution in [-0.4, -0.2) is 35.1 Å². The third kappa shape index (κ3) is 7.87. The van der Waals surface area contributed by atoms with Crippen LogP contribution in [0.3, 0.4) is 0 Å². The number of nitrogens with one attached hydrogen (secondary N) is 1. The largest absolute Gasteiger partial charge is 0.490 e. The van der Waals surface area contributed by atoms with Crippen molar-refractivity contribution in [2.75, 3.05) is 24.3 Å². The summed E-state index contributed by atoms with van der Waals surface area (Å²) >= 11 is 7.65. The van der Waals surface area contributed by atoms with E-state index < -0.39 is 17.1 Å². The highest BCUT2D eigenvalue weighted by molar-refractivity contribution is 7.99. The first-order valence-electron chi connectivity index (χ1n) is 10.3. The number of rotatable bonds is 10. The van der Waals surface area contributed by atoms with Gasteiger partial charge in [-0.15, -0.1) is 22.0 Å². The summed E-state index contributed by atoms with van der Waals surface area (Å²) in [7, 11) is 0. The maximum absolute atomic E-state index is 12.7. The van der Waals surface area contributed by atoms with Crippen LogP contribution in [0.15, 0.2) is 52.9 Å². The van der Waals surface area contributed by atoms with Crippen LogP contribution >= 0.6 is 34.7 Å². The second-order valence-corrected chi connectivity index (χ2v) is 9.41. The van der Waals surface area contributed by atoms with Crippen LogP contribution in [0.2, 0.25) is 5.02 Å². The number of nitrogens with zero attached hydrogens (tertiary/aromatic N) is 3. The Morgan fingerprint density at radius 3 is 2.58 bits per heavy atom. The van der Waals surface area contributed by atoms with Gasteiger partial charge in [-0.3, -0.25) is 10.1 Å². The molecule has 1 N–H and O–H groups in total. The monoisotopic (exact) mass is 554 g/mol. The first-order valence-corrected chi connectivity index (χ1v) is 12.5. The summed E-state index contributed by atoms with van der Waals surface area (Å²) in [5.41, 5.74) is 0.121. The number of amides is 1. The molecule has 0 aliphatic rings. The Labute approximate surface area is 217 Å². The van der Waals surface area contributed by atoms with Crippen LogP contribution in [0.4, 0.5) is 18.3 Å². The molecule has 0 radical (unpaired) electrons. The fourth-order valence-corrected chi connectivity index (χ4v) is 4.17. The number of nitriles is 1. The van der Waals surface area contributed by atoms with Crippen molar-refractivity contribution in [2.24, 2.45) is 0 Å². The summed E-state index contributed by atoms with van der Waals surface area (Å²) < 4.78 is 49.5. The number of hydrogen-bond acceptors (Lipinski definition) is 8. The molecule has 188 valence electrons. The molecule has 36 heavy (non-hydrogen) atoms. The molecule has 0 spiro atoms. The van der Waals surface area contributed by atoms with Gasteiger partial charge in [0.05, 0.1) is 13.2 Å². The maximum Gasteiger partial charge on any atom is 0.445 e. The highest BCUT2D eigenvalue weighted by Gasteiger charge is 2.35. The lowest BCUT2D eigenvalue weighted by Crippen LogP contribution is -2.13. The van der Waals surface area contributed by atoms with Crippen molar-refractivity contribution in [3.05, 3.63) is 63.6 Å². The summed E-state index contributed by atoms with van der Waals surface area (Å²) in [5, 5.41) is 16.9. The quantitative estimate of drug-likeness (QED) is 0.135. The maximum atomic E-state index is 12.7. The van der Waals surface area contributed by atoms with Crippen LogP contribution in [0.25, 0.3) is 6.08 Å². The van der Waals surface area contributed by atoms with Gasteiger partial charge in [-0.05, 0) is 55.0 Å². The lowest BCUT2D eigenvalue weighted by molar-refractivity contribution is -0.138. The molecule has 0 saturated carbocycles. The smallest absolute Gasteiger partial charge is 0.445 e. The molecule has 1 aromatic heterocycles. The normalized spacial score (nSPS) is 11.6. The van der Waals surface area contributed by atoms with Crippen molar-refractivity contribution >= 4 is 51.8 Å². The lowest BCUT2D eigenvalue weighted by atomic mass is 10.1. The minimum Gasteiger partial charge on any atom is -0.490 e. The third-order valence-electron chi connectivity index (χ3n) is 4.25. The Morgan fingerprint density at radius 1 is 1.19 bits per heavy atom. The topological polar surface area (TPSA) is 97.1 Å². The third-order valence-corrected chi connectivity index (χ3v) is 6.37. The molecular formula is C23H18ClF3N4O3S2. The average Bonchev–Trinajstić information content (AvgIpc) is 3.31. The summed E-state index contributed by atoms with van der Waals surface area (Å²) in [5.74, 6) is 0.663. The predicted octanol–water partition coefficient (Wildman–Crippen LogP) is 6.33. The molecule has 1 amide bonds. The first kappa shape index (κ1) is 27.3. The van der Waals surface area contributed by atoms with E-state index in [-0.39, 0.29) is 22.0 Å². The molecule has 0 bridgehead atoms. The van der Waals surface area contributed by atoms with E-state index in [1.165, 1.54) is 6.08 Å². The second-order valence-electron chi connectivity index (χ2n) is 6.82. The summed E-state index contributed by atoms with van der Waals surface area (Å²) in [6.07, 6.45) is -3.40. The zero-order chi connectivity index (χ0) is 26.1. The van der Waals surface area contributed by atoms with E-state index in [0.717, 1.165) is 4.90 Å². The zero-order valence-corrected chi connectivity index (χ0v) is 21.0. The molecule has 13 heteroatoms. The van der Waals surface area contributed by atoms with E-state index >= 15 is 0 Å². The molecule has 0 unspecified atom stereocenters. The molecule has 0 fully saturated rings. The first-order chi connectivity index (χ1) is 17.2. The Bertz CT molecular complexity index is 1270. The number of thioether (sulfide) groups is 1. The molecule has 3 aromatic rings. The number of ether oxygens (including phenoxy) is 2. The van der Waals surface area contributed by atoms with Gasteiger partial charge in [0.25, 0.3) is 5.91 Å².